The van der Waals surface area contributed by atoms with Crippen LogP contribution < -0.4 is 10.9 Å². The zero-order valence-corrected chi connectivity index (χ0v) is 14.3. The molecule has 0 atom stereocenters. The van der Waals surface area contributed by atoms with Crippen molar-refractivity contribution in [3.05, 3.63) is 62.3 Å². The highest BCUT2D eigenvalue weighted by Crippen LogP contribution is 2.23. The van der Waals surface area contributed by atoms with Gasteiger partial charge in [0, 0.05) is 26.5 Å². The molecule has 3 rings (SSSR count). The predicted octanol–water partition coefficient (Wildman–Crippen LogP) is 3.97. The number of hydrogen-bond acceptors (Lipinski definition) is 3. The largest absolute Gasteiger partial charge is 0.324 e. The van der Waals surface area contributed by atoms with Crippen LogP contribution in [0.25, 0.3) is 10.1 Å². The molecule has 0 spiro atoms. The number of aromatic nitrogens is 1. The number of thiophene rings is 1. The summed E-state index contributed by atoms with van der Waals surface area (Å²) >= 11 is 7.62. The fourth-order valence-corrected chi connectivity index (χ4v) is 3.50. The second kappa shape index (κ2) is 6.18. The first kappa shape index (κ1) is 15.8. The minimum absolute atomic E-state index is 0.0321. The van der Waals surface area contributed by atoms with E-state index < -0.39 is 0 Å². The van der Waals surface area contributed by atoms with Gasteiger partial charge >= 0.3 is 0 Å². The highest BCUT2D eigenvalue weighted by molar-refractivity contribution is 7.18. The third kappa shape index (κ3) is 3.16. The van der Waals surface area contributed by atoms with Gasteiger partial charge in [-0.2, -0.15) is 0 Å². The highest BCUT2D eigenvalue weighted by Gasteiger charge is 2.11. The van der Waals surface area contributed by atoms with Crippen molar-refractivity contribution in [1.29, 1.82) is 0 Å². The molecule has 0 radical (unpaired) electrons. The van der Waals surface area contributed by atoms with Gasteiger partial charge in [0.1, 0.15) is 6.54 Å². The maximum atomic E-state index is 12.4. The summed E-state index contributed by atoms with van der Waals surface area (Å²) in [6, 6.07) is 9.05. The number of pyridine rings is 1. The fraction of sp³-hybridized carbons (Fsp3) is 0.176. The Labute approximate surface area is 142 Å². The van der Waals surface area contributed by atoms with Gasteiger partial charge < -0.3 is 9.88 Å². The molecule has 0 aliphatic rings. The van der Waals surface area contributed by atoms with E-state index in [9.17, 15) is 9.59 Å². The number of carbonyl (C=O) groups is 1. The van der Waals surface area contributed by atoms with Crippen LogP contribution >= 0.6 is 22.9 Å². The van der Waals surface area contributed by atoms with Gasteiger partial charge in [-0.25, -0.2) is 0 Å². The lowest BCUT2D eigenvalue weighted by Gasteiger charge is -2.10. The van der Waals surface area contributed by atoms with E-state index >= 15 is 0 Å². The van der Waals surface area contributed by atoms with E-state index in [4.69, 9.17) is 11.6 Å². The summed E-state index contributed by atoms with van der Waals surface area (Å²) in [4.78, 5) is 25.7. The Morgan fingerprint density at radius 1 is 1.30 bits per heavy atom. The van der Waals surface area contributed by atoms with Gasteiger partial charge in [0.2, 0.25) is 5.91 Å². The van der Waals surface area contributed by atoms with Crippen molar-refractivity contribution in [2.75, 3.05) is 5.32 Å². The second-order valence-corrected chi connectivity index (χ2v) is 7.04. The third-order valence-electron chi connectivity index (χ3n) is 3.64. The summed E-state index contributed by atoms with van der Waals surface area (Å²) in [7, 11) is 0. The lowest BCUT2D eigenvalue weighted by Crippen LogP contribution is -2.27. The fourth-order valence-electron chi connectivity index (χ4n) is 2.42. The highest BCUT2D eigenvalue weighted by atomic mass is 35.5. The molecule has 0 saturated carbocycles. The zero-order valence-electron chi connectivity index (χ0n) is 12.7. The maximum absolute atomic E-state index is 12.4. The summed E-state index contributed by atoms with van der Waals surface area (Å²) in [6.45, 7) is 3.77. The number of benzene rings is 1. The van der Waals surface area contributed by atoms with Crippen LogP contribution in [0.1, 0.15) is 10.4 Å². The first-order valence-corrected chi connectivity index (χ1v) is 8.29. The number of fused-ring (bicyclic) bond motifs is 1. The molecule has 0 aliphatic carbocycles. The van der Waals surface area contributed by atoms with Crippen LogP contribution in [0.4, 0.5) is 5.69 Å². The predicted molar refractivity (Wildman–Crippen MR) is 95.6 cm³/mol. The molecular formula is C17H15ClN2O2S. The van der Waals surface area contributed by atoms with Crippen molar-refractivity contribution in [2.24, 2.45) is 0 Å². The van der Waals surface area contributed by atoms with E-state index in [-0.39, 0.29) is 18.0 Å². The number of halogens is 1. The van der Waals surface area contributed by atoms with Crippen molar-refractivity contribution >= 4 is 44.6 Å². The van der Waals surface area contributed by atoms with Gasteiger partial charge in [-0.1, -0.05) is 17.7 Å². The molecule has 0 saturated heterocycles. The van der Waals surface area contributed by atoms with Crippen LogP contribution in [-0.4, -0.2) is 10.5 Å². The number of hydrogen-bond donors (Lipinski definition) is 1. The SMILES string of the molecule is Cc1cc2c(=O)n(CC(=O)Nc3cccc(Cl)c3C)ccc2s1. The van der Waals surface area contributed by atoms with Crippen LogP contribution in [0.2, 0.25) is 5.02 Å². The summed E-state index contributed by atoms with van der Waals surface area (Å²) in [5, 5.41) is 4.05. The molecule has 2 aromatic heterocycles. The van der Waals surface area contributed by atoms with Gasteiger partial charge in [0.25, 0.3) is 5.56 Å². The third-order valence-corrected chi connectivity index (χ3v) is 5.06. The lowest BCUT2D eigenvalue weighted by molar-refractivity contribution is -0.116. The van der Waals surface area contributed by atoms with E-state index in [0.29, 0.717) is 16.1 Å². The van der Waals surface area contributed by atoms with E-state index in [1.54, 1.807) is 35.7 Å². The van der Waals surface area contributed by atoms with Crippen LogP contribution in [0.3, 0.4) is 0 Å². The Kier molecular flexibility index (Phi) is 4.24. The molecule has 3 aromatic rings. The summed E-state index contributed by atoms with van der Waals surface area (Å²) < 4.78 is 2.36. The summed E-state index contributed by atoms with van der Waals surface area (Å²) in [6.07, 6.45) is 1.66. The molecule has 0 unspecified atom stereocenters. The van der Waals surface area contributed by atoms with Gasteiger partial charge in [-0.15, -0.1) is 11.3 Å². The number of carbonyl (C=O) groups excluding carboxylic acids is 1. The van der Waals surface area contributed by atoms with Gasteiger partial charge in [0.05, 0.1) is 5.39 Å². The number of nitrogens with one attached hydrogen (secondary N) is 1. The topological polar surface area (TPSA) is 51.1 Å². The smallest absolute Gasteiger partial charge is 0.259 e. The molecule has 2 heterocycles. The van der Waals surface area contributed by atoms with Crippen LogP contribution in [-0.2, 0) is 11.3 Å². The first-order valence-electron chi connectivity index (χ1n) is 7.10. The Hall–Kier alpha value is -2.11. The lowest BCUT2D eigenvalue weighted by atomic mass is 10.2. The average Bonchev–Trinajstić information content (AvgIpc) is 2.88. The van der Waals surface area contributed by atoms with E-state index in [0.717, 1.165) is 15.1 Å². The normalized spacial score (nSPS) is 10.9. The molecule has 0 fully saturated rings. The minimum Gasteiger partial charge on any atom is -0.324 e. The maximum Gasteiger partial charge on any atom is 0.259 e. The van der Waals surface area contributed by atoms with Gasteiger partial charge in [0.15, 0.2) is 0 Å². The number of amides is 1. The Morgan fingerprint density at radius 3 is 2.87 bits per heavy atom. The quantitative estimate of drug-likeness (QED) is 0.780. The van der Waals surface area contributed by atoms with Crippen molar-refractivity contribution in [1.82, 2.24) is 4.57 Å². The molecule has 1 amide bonds. The van der Waals surface area contributed by atoms with Crippen LogP contribution in [0.5, 0.6) is 0 Å². The van der Waals surface area contributed by atoms with Crippen molar-refractivity contribution < 1.29 is 4.79 Å². The Balaban J connectivity index is 1.84. The zero-order chi connectivity index (χ0) is 16.6. The first-order chi connectivity index (χ1) is 11.0. The number of anilines is 1. The standard InChI is InChI=1S/C17H15ClN2O2S/c1-10-8-12-15(23-10)6-7-20(17(12)22)9-16(21)19-14-5-3-4-13(18)11(14)2/h3-8H,9H2,1-2H3,(H,19,21). The average molecular weight is 347 g/mol. The minimum atomic E-state index is -0.260. The van der Waals surface area contributed by atoms with Gasteiger partial charge in [-0.05, 0) is 43.7 Å². The van der Waals surface area contributed by atoms with Crippen LogP contribution in [0.15, 0.2) is 41.3 Å². The van der Waals surface area contributed by atoms with Crippen molar-refractivity contribution in [3.63, 3.8) is 0 Å². The molecule has 6 heteroatoms. The second-order valence-electron chi connectivity index (χ2n) is 5.34. The molecule has 0 aliphatic heterocycles. The Bertz CT molecular complexity index is 959. The van der Waals surface area contributed by atoms with Gasteiger partial charge in [-0.3, -0.25) is 9.59 Å². The monoisotopic (exact) mass is 346 g/mol. The number of aryl methyl sites for hydroxylation is 1. The Morgan fingerprint density at radius 2 is 2.09 bits per heavy atom. The number of nitrogens with zero attached hydrogens (tertiary/aromatic N) is 1. The van der Waals surface area contributed by atoms with E-state index in [1.165, 1.54) is 4.57 Å². The molecule has 4 nitrogen and oxygen atoms in total. The molecule has 0 bridgehead atoms. The molecule has 23 heavy (non-hydrogen) atoms. The molecule has 1 N–H and O–H groups in total. The van der Waals surface area contributed by atoms with Crippen molar-refractivity contribution in [2.45, 2.75) is 20.4 Å². The van der Waals surface area contributed by atoms with Crippen LogP contribution in [0, 0.1) is 13.8 Å². The van der Waals surface area contributed by atoms with Crippen molar-refractivity contribution in [3.8, 4) is 0 Å². The molecule has 118 valence electrons. The molecular weight excluding hydrogens is 332 g/mol. The number of rotatable bonds is 3. The molecule has 1 aromatic carbocycles. The van der Waals surface area contributed by atoms with E-state index in [2.05, 4.69) is 5.32 Å². The summed E-state index contributed by atoms with van der Waals surface area (Å²) in [5.74, 6) is -0.260. The summed E-state index contributed by atoms with van der Waals surface area (Å²) in [5.41, 5.74) is 1.31. The van der Waals surface area contributed by atoms with E-state index in [1.807, 2.05) is 26.0 Å².